The Balaban J connectivity index is 2.39. The van der Waals surface area contributed by atoms with Crippen molar-refractivity contribution in [3.63, 3.8) is 0 Å². The van der Waals surface area contributed by atoms with Crippen molar-refractivity contribution in [3.8, 4) is 0 Å². The number of furan rings is 2. The van der Waals surface area contributed by atoms with Crippen LogP contribution < -0.4 is 5.32 Å². The van der Waals surface area contributed by atoms with Crippen LogP contribution in [0.3, 0.4) is 0 Å². The van der Waals surface area contributed by atoms with Crippen molar-refractivity contribution in [2.75, 3.05) is 6.54 Å². The van der Waals surface area contributed by atoms with Gasteiger partial charge < -0.3 is 14.2 Å². The molecule has 0 aliphatic carbocycles. The molecular formula is C13H16BrNO2. The molecule has 17 heavy (non-hydrogen) atoms. The second-order valence-corrected chi connectivity index (χ2v) is 4.63. The van der Waals surface area contributed by atoms with E-state index in [0.717, 1.165) is 34.5 Å². The largest absolute Gasteiger partial charge is 0.469 e. The van der Waals surface area contributed by atoms with Gasteiger partial charge in [0.05, 0.1) is 23.0 Å². The highest BCUT2D eigenvalue weighted by atomic mass is 79.9. The van der Waals surface area contributed by atoms with Gasteiger partial charge in [0.25, 0.3) is 0 Å². The summed E-state index contributed by atoms with van der Waals surface area (Å²) in [6.07, 6.45) is 4.30. The Morgan fingerprint density at radius 3 is 2.59 bits per heavy atom. The van der Waals surface area contributed by atoms with Crippen LogP contribution in [0.1, 0.15) is 37.0 Å². The van der Waals surface area contributed by atoms with Crippen LogP contribution in [0, 0.1) is 0 Å². The Kier molecular flexibility index (Phi) is 4.07. The molecule has 3 nitrogen and oxygen atoms in total. The first-order valence-corrected chi connectivity index (χ1v) is 6.59. The third-order valence-corrected chi connectivity index (χ3v) is 3.38. The lowest BCUT2D eigenvalue weighted by atomic mass is 10.0. The highest BCUT2D eigenvalue weighted by molar-refractivity contribution is 9.10. The Bertz CT molecular complexity index is 475. The maximum atomic E-state index is 5.55. The number of aryl methyl sites for hydroxylation is 1. The van der Waals surface area contributed by atoms with Gasteiger partial charge in [0.1, 0.15) is 11.5 Å². The van der Waals surface area contributed by atoms with E-state index in [0.29, 0.717) is 0 Å². The van der Waals surface area contributed by atoms with Crippen molar-refractivity contribution in [2.45, 2.75) is 26.3 Å². The van der Waals surface area contributed by atoms with Gasteiger partial charge in [-0.2, -0.15) is 0 Å². The molecule has 2 aromatic heterocycles. The molecule has 0 saturated carbocycles. The van der Waals surface area contributed by atoms with E-state index in [-0.39, 0.29) is 6.04 Å². The fraction of sp³-hybridized carbons (Fsp3) is 0.385. The summed E-state index contributed by atoms with van der Waals surface area (Å²) in [5.41, 5.74) is 1.14. The van der Waals surface area contributed by atoms with Crippen LogP contribution in [-0.2, 0) is 6.42 Å². The Hall–Kier alpha value is -1.00. The summed E-state index contributed by atoms with van der Waals surface area (Å²) in [6.45, 7) is 5.03. The lowest BCUT2D eigenvalue weighted by Crippen LogP contribution is -2.22. The highest BCUT2D eigenvalue weighted by Gasteiger charge is 2.22. The van der Waals surface area contributed by atoms with Gasteiger partial charge >= 0.3 is 0 Å². The van der Waals surface area contributed by atoms with Gasteiger partial charge in [-0.15, -0.1) is 0 Å². The maximum absolute atomic E-state index is 5.55. The number of halogens is 1. The van der Waals surface area contributed by atoms with Crippen LogP contribution in [0.25, 0.3) is 0 Å². The molecule has 0 aromatic carbocycles. The molecule has 0 bridgehead atoms. The first kappa shape index (κ1) is 12.5. The third kappa shape index (κ3) is 2.48. The SMILES string of the molecule is CCNC(c1ccoc1CC)c1occc1Br. The molecule has 0 amide bonds. The molecule has 0 radical (unpaired) electrons. The van der Waals surface area contributed by atoms with Crippen LogP contribution in [0.5, 0.6) is 0 Å². The van der Waals surface area contributed by atoms with E-state index < -0.39 is 0 Å². The summed E-state index contributed by atoms with van der Waals surface area (Å²) in [7, 11) is 0. The number of nitrogens with one attached hydrogen (secondary N) is 1. The molecule has 1 N–H and O–H groups in total. The standard InChI is InChI=1S/C13H16BrNO2/c1-3-11-9(5-7-16-11)12(15-4-2)13-10(14)6-8-17-13/h5-8,12,15H,3-4H2,1-2H3. The van der Waals surface area contributed by atoms with Crippen LogP contribution in [0.4, 0.5) is 0 Å². The van der Waals surface area contributed by atoms with Crippen molar-refractivity contribution in [2.24, 2.45) is 0 Å². The normalized spacial score (nSPS) is 12.9. The van der Waals surface area contributed by atoms with Gasteiger partial charge in [0, 0.05) is 12.0 Å². The first-order valence-electron chi connectivity index (χ1n) is 5.80. The van der Waals surface area contributed by atoms with Crippen LogP contribution in [0.2, 0.25) is 0 Å². The zero-order valence-electron chi connectivity index (χ0n) is 10.00. The maximum Gasteiger partial charge on any atom is 0.139 e. The minimum atomic E-state index is 0.0399. The summed E-state index contributed by atoms with van der Waals surface area (Å²) in [5, 5.41) is 3.42. The van der Waals surface area contributed by atoms with Crippen molar-refractivity contribution in [1.29, 1.82) is 0 Å². The number of hydrogen-bond donors (Lipinski definition) is 1. The molecule has 0 saturated heterocycles. The van der Waals surface area contributed by atoms with E-state index in [1.54, 1.807) is 12.5 Å². The molecule has 0 aliphatic rings. The number of hydrogen-bond acceptors (Lipinski definition) is 3. The van der Waals surface area contributed by atoms with Crippen LogP contribution >= 0.6 is 15.9 Å². The predicted octanol–water partition coefficient (Wildman–Crippen LogP) is 3.90. The second kappa shape index (κ2) is 5.56. The van der Waals surface area contributed by atoms with Crippen molar-refractivity contribution >= 4 is 15.9 Å². The predicted molar refractivity (Wildman–Crippen MR) is 70.0 cm³/mol. The number of rotatable bonds is 5. The summed E-state index contributed by atoms with van der Waals surface area (Å²) in [5.74, 6) is 1.89. The van der Waals surface area contributed by atoms with E-state index in [9.17, 15) is 0 Å². The topological polar surface area (TPSA) is 38.3 Å². The fourth-order valence-electron chi connectivity index (χ4n) is 1.95. The molecule has 0 fully saturated rings. The lowest BCUT2D eigenvalue weighted by molar-refractivity contribution is 0.439. The van der Waals surface area contributed by atoms with E-state index in [1.807, 2.05) is 12.1 Å². The zero-order valence-corrected chi connectivity index (χ0v) is 11.6. The van der Waals surface area contributed by atoms with E-state index in [2.05, 4.69) is 35.1 Å². The van der Waals surface area contributed by atoms with E-state index in [1.165, 1.54) is 0 Å². The molecule has 1 atom stereocenters. The van der Waals surface area contributed by atoms with Crippen LogP contribution in [-0.4, -0.2) is 6.54 Å². The molecular weight excluding hydrogens is 282 g/mol. The fourth-order valence-corrected chi connectivity index (χ4v) is 2.38. The second-order valence-electron chi connectivity index (χ2n) is 3.78. The van der Waals surface area contributed by atoms with Gasteiger partial charge in [-0.05, 0) is 34.6 Å². The molecule has 2 rings (SSSR count). The summed E-state index contributed by atoms with van der Waals surface area (Å²) >= 11 is 3.50. The van der Waals surface area contributed by atoms with E-state index >= 15 is 0 Å². The monoisotopic (exact) mass is 297 g/mol. The minimum Gasteiger partial charge on any atom is -0.469 e. The molecule has 0 aliphatic heterocycles. The smallest absolute Gasteiger partial charge is 0.139 e. The van der Waals surface area contributed by atoms with E-state index in [4.69, 9.17) is 8.83 Å². The average molecular weight is 298 g/mol. The minimum absolute atomic E-state index is 0.0399. The van der Waals surface area contributed by atoms with Gasteiger partial charge in [0.15, 0.2) is 0 Å². The summed E-state index contributed by atoms with van der Waals surface area (Å²) in [6, 6.07) is 3.95. The molecule has 0 spiro atoms. The molecule has 2 heterocycles. The van der Waals surface area contributed by atoms with Crippen molar-refractivity contribution in [1.82, 2.24) is 5.32 Å². The highest BCUT2D eigenvalue weighted by Crippen LogP contribution is 2.31. The Morgan fingerprint density at radius 2 is 2.00 bits per heavy atom. The quantitative estimate of drug-likeness (QED) is 0.910. The van der Waals surface area contributed by atoms with Crippen LogP contribution in [0.15, 0.2) is 38.0 Å². The Morgan fingerprint density at radius 1 is 1.24 bits per heavy atom. The third-order valence-electron chi connectivity index (χ3n) is 2.73. The van der Waals surface area contributed by atoms with Gasteiger partial charge in [0.2, 0.25) is 0 Å². The summed E-state index contributed by atoms with van der Waals surface area (Å²) in [4.78, 5) is 0. The first-order chi connectivity index (χ1) is 8.27. The van der Waals surface area contributed by atoms with Gasteiger partial charge in [-0.1, -0.05) is 13.8 Å². The van der Waals surface area contributed by atoms with Crippen molar-refractivity contribution < 1.29 is 8.83 Å². The lowest BCUT2D eigenvalue weighted by Gasteiger charge is -2.16. The summed E-state index contributed by atoms with van der Waals surface area (Å²) < 4.78 is 12.0. The molecule has 4 heteroatoms. The molecule has 2 aromatic rings. The van der Waals surface area contributed by atoms with Crippen molar-refractivity contribution in [3.05, 3.63) is 46.2 Å². The zero-order chi connectivity index (χ0) is 12.3. The average Bonchev–Trinajstić information content (AvgIpc) is 2.94. The Labute approximate surface area is 109 Å². The molecule has 92 valence electrons. The van der Waals surface area contributed by atoms with Gasteiger partial charge in [-0.25, -0.2) is 0 Å². The molecule has 1 unspecified atom stereocenters. The van der Waals surface area contributed by atoms with Gasteiger partial charge in [-0.3, -0.25) is 0 Å².